The Morgan fingerprint density at radius 3 is 2.44 bits per heavy atom. The lowest BCUT2D eigenvalue weighted by molar-refractivity contribution is -0.116. The summed E-state index contributed by atoms with van der Waals surface area (Å²) in [6.07, 6.45) is 1.43. The second-order valence-corrected chi connectivity index (χ2v) is 8.02. The average Bonchev–Trinajstić information content (AvgIpc) is 3.22. The van der Waals surface area contributed by atoms with Gasteiger partial charge in [-0.3, -0.25) is 19.0 Å². The van der Waals surface area contributed by atoms with Gasteiger partial charge in [-0.15, -0.1) is 0 Å². The Labute approximate surface area is 194 Å². The normalized spacial score (nSPS) is 10.9. The molecule has 2 aromatic heterocycles. The number of rotatable bonds is 6. The van der Waals surface area contributed by atoms with Gasteiger partial charge in [0.25, 0.3) is 11.5 Å². The smallest absolute Gasteiger partial charge is 0.332 e. The summed E-state index contributed by atoms with van der Waals surface area (Å²) >= 11 is 0. The van der Waals surface area contributed by atoms with Gasteiger partial charge in [0.1, 0.15) is 6.54 Å². The van der Waals surface area contributed by atoms with E-state index in [4.69, 9.17) is 0 Å². The molecule has 0 fully saturated rings. The first-order chi connectivity index (χ1) is 16.3. The van der Waals surface area contributed by atoms with Gasteiger partial charge < -0.3 is 15.2 Å². The maximum absolute atomic E-state index is 12.8. The largest absolute Gasteiger partial charge is 0.348 e. The molecule has 2 N–H and O–H groups in total. The van der Waals surface area contributed by atoms with Gasteiger partial charge in [0.15, 0.2) is 11.2 Å². The SMILES string of the molecule is Cc1ccc(CNC(=O)c2ccccc2NC(=O)Cn2c(=O)c3c(ncn3C)n(C)c2=O)cc1. The van der Waals surface area contributed by atoms with Gasteiger partial charge in [0, 0.05) is 20.6 Å². The molecule has 0 aliphatic heterocycles. The molecule has 0 radical (unpaired) electrons. The van der Waals surface area contributed by atoms with Gasteiger partial charge in [0.05, 0.1) is 17.6 Å². The van der Waals surface area contributed by atoms with Crippen molar-refractivity contribution in [3.63, 3.8) is 0 Å². The lowest BCUT2D eigenvalue weighted by atomic mass is 10.1. The molecule has 10 heteroatoms. The van der Waals surface area contributed by atoms with E-state index < -0.39 is 23.7 Å². The van der Waals surface area contributed by atoms with Crippen molar-refractivity contribution >= 4 is 28.7 Å². The van der Waals surface area contributed by atoms with Crippen LogP contribution in [0, 0.1) is 6.92 Å². The fourth-order valence-corrected chi connectivity index (χ4v) is 3.64. The van der Waals surface area contributed by atoms with Crippen LogP contribution in [0.2, 0.25) is 0 Å². The molecule has 0 atom stereocenters. The second kappa shape index (κ2) is 9.18. The van der Waals surface area contributed by atoms with Crippen molar-refractivity contribution in [2.75, 3.05) is 5.32 Å². The molecule has 0 aliphatic rings. The molecule has 10 nitrogen and oxygen atoms in total. The topological polar surface area (TPSA) is 120 Å². The number of carbonyl (C=O) groups is 2. The van der Waals surface area contributed by atoms with Crippen LogP contribution in [0.3, 0.4) is 0 Å². The number of anilines is 1. The molecule has 4 aromatic rings. The highest BCUT2D eigenvalue weighted by molar-refractivity contribution is 6.03. The van der Waals surface area contributed by atoms with Crippen LogP contribution in [0.4, 0.5) is 5.69 Å². The molecule has 2 heterocycles. The van der Waals surface area contributed by atoms with Crippen molar-refractivity contribution in [3.8, 4) is 0 Å². The van der Waals surface area contributed by atoms with Crippen LogP contribution in [0.15, 0.2) is 64.4 Å². The summed E-state index contributed by atoms with van der Waals surface area (Å²) in [7, 11) is 3.12. The highest BCUT2D eigenvalue weighted by atomic mass is 16.2. The van der Waals surface area contributed by atoms with Gasteiger partial charge >= 0.3 is 5.69 Å². The van der Waals surface area contributed by atoms with Crippen molar-refractivity contribution in [2.24, 2.45) is 14.1 Å². The summed E-state index contributed by atoms with van der Waals surface area (Å²) in [6.45, 7) is 1.81. The van der Waals surface area contributed by atoms with Crippen LogP contribution in [0.1, 0.15) is 21.5 Å². The number of carbonyl (C=O) groups excluding carboxylic acids is 2. The zero-order chi connectivity index (χ0) is 24.4. The second-order valence-electron chi connectivity index (χ2n) is 8.02. The molecule has 0 saturated heterocycles. The molecule has 0 aliphatic carbocycles. The minimum atomic E-state index is -0.657. The van der Waals surface area contributed by atoms with Crippen LogP contribution in [-0.2, 0) is 32.0 Å². The third-order valence-corrected chi connectivity index (χ3v) is 5.52. The van der Waals surface area contributed by atoms with E-state index in [1.54, 1.807) is 31.3 Å². The van der Waals surface area contributed by atoms with Crippen molar-refractivity contribution < 1.29 is 9.59 Å². The van der Waals surface area contributed by atoms with E-state index in [0.29, 0.717) is 6.54 Å². The van der Waals surface area contributed by atoms with E-state index in [-0.39, 0.29) is 28.3 Å². The Balaban J connectivity index is 1.53. The summed E-state index contributed by atoms with van der Waals surface area (Å²) in [4.78, 5) is 55.1. The van der Waals surface area contributed by atoms with Crippen molar-refractivity contribution in [2.45, 2.75) is 20.0 Å². The summed E-state index contributed by atoms with van der Waals surface area (Å²) in [5, 5.41) is 5.48. The number of imidazole rings is 1. The first-order valence-corrected chi connectivity index (χ1v) is 10.6. The first kappa shape index (κ1) is 22.7. The number of hydrogen-bond acceptors (Lipinski definition) is 5. The lowest BCUT2D eigenvalue weighted by Crippen LogP contribution is -2.42. The predicted molar refractivity (Wildman–Crippen MR) is 128 cm³/mol. The highest BCUT2D eigenvalue weighted by Gasteiger charge is 2.18. The number of aryl methyl sites for hydroxylation is 3. The highest BCUT2D eigenvalue weighted by Crippen LogP contribution is 2.15. The molecular formula is C24H24N6O4. The van der Waals surface area contributed by atoms with Gasteiger partial charge in [-0.25, -0.2) is 14.3 Å². The average molecular weight is 460 g/mol. The van der Waals surface area contributed by atoms with Gasteiger partial charge in [-0.1, -0.05) is 42.0 Å². The molecule has 0 spiro atoms. The number of nitrogens with one attached hydrogen (secondary N) is 2. The quantitative estimate of drug-likeness (QED) is 0.450. The van der Waals surface area contributed by atoms with Crippen molar-refractivity contribution in [3.05, 3.63) is 92.4 Å². The molecule has 4 rings (SSSR count). The number of hydrogen-bond donors (Lipinski definition) is 2. The summed E-state index contributed by atoms with van der Waals surface area (Å²) in [5.41, 5.74) is 1.80. The summed E-state index contributed by atoms with van der Waals surface area (Å²) in [6, 6.07) is 14.3. The van der Waals surface area contributed by atoms with Crippen LogP contribution >= 0.6 is 0 Å². The van der Waals surface area contributed by atoms with E-state index in [9.17, 15) is 19.2 Å². The monoisotopic (exact) mass is 460 g/mol. The molecule has 34 heavy (non-hydrogen) atoms. The third kappa shape index (κ3) is 4.38. The first-order valence-electron chi connectivity index (χ1n) is 10.6. The molecular weight excluding hydrogens is 436 g/mol. The van der Waals surface area contributed by atoms with Crippen molar-refractivity contribution in [1.82, 2.24) is 24.0 Å². The Bertz CT molecular complexity index is 1510. The minimum absolute atomic E-state index is 0.214. The Morgan fingerprint density at radius 1 is 1.00 bits per heavy atom. The van der Waals surface area contributed by atoms with Crippen molar-refractivity contribution in [1.29, 1.82) is 0 Å². The molecule has 0 unspecified atom stereocenters. The fraction of sp³-hybridized carbons (Fsp3) is 0.208. The standard InChI is InChI=1S/C24H24N6O4/c1-15-8-10-16(11-9-15)12-25-22(32)17-6-4-5-7-18(17)27-19(31)13-30-23(33)20-21(26-14-28(20)2)29(3)24(30)34/h4-11,14H,12-13H2,1-3H3,(H,25,32)(H,27,31). The van der Waals surface area contributed by atoms with E-state index in [2.05, 4.69) is 15.6 Å². The van der Waals surface area contributed by atoms with Crippen LogP contribution in [-0.4, -0.2) is 30.5 Å². The molecule has 0 saturated carbocycles. The zero-order valence-electron chi connectivity index (χ0n) is 19.0. The predicted octanol–water partition coefficient (Wildman–Crippen LogP) is 1.31. The van der Waals surface area contributed by atoms with E-state index in [1.165, 1.54) is 22.5 Å². The number of benzene rings is 2. The number of amides is 2. The van der Waals surface area contributed by atoms with Crippen LogP contribution in [0.25, 0.3) is 11.2 Å². The van der Waals surface area contributed by atoms with Crippen LogP contribution in [0.5, 0.6) is 0 Å². The molecule has 0 bridgehead atoms. The maximum atomic E-state index is 12.8. The lowest BCUT2D eigenvalue weighted by Gasteiger charge is -2.13. The zero-order valence-corrected chi connectivity index (χ0v) is 19.0. The van der Waals surface area contributed by atoms with Gasteiger partial charge in [-0.05, 0) is 24.6 Å². The fourth-order valence-electron chi connectivity index (χ4n) is 3.64. The number of fused-ring (bicyclic) bond motifs is 1. The number of para-hydroxylation sites is 1. The van der Waals surface area contributed by atoms with E-state index in [1.807, 2.05) is 31.2 Å². The van der Waals surface area contributed by atoms with Gasteiger partial charge in [-0.2, -0.15) is 0 Å². The molecule has 174 valence electrons. The molecule has 2 aromatic carbocycles. The minimum Gasteiger partial charge on any atom is -0.348 e. The van der Waals surface area contributed by atoms with Gasteiger partial charge in [0.2, 0.25) is 5.91 Å². The maximum Gasteiger partial charge on any atom is 0.332 e. The summed E-state index contributed by atoms with van der Waals surface area (Å²) < 4.78 is 3.56. The Hall–Kier alpha value is -4.47. The molecule has 2 amide bonds. The number of aromatic nitrogens is 4. The van der Waals surface area contributed by atoms with Crippen LogP contribution < -0.4 is 21.9 Å². The summed E-state index contributed by atoms with van der Waals surface area (Å²) in [5.74, 6) is -0.972. The Kier molecular flexibility index (Phi) is 6.13. The Morgan fingerprint density at radius 2 is 1.71 bits per heavy atom. The van der Waals surface area contributed by atoms with E-state index >= 15 is 0 Å². The van der Waals surface area contributed by atoms with E-state index in [0.717, 1.165) is 15.7 Å². The number of nitrogens with zero attached hydrogens (tertiary/aromatic N) is 4. The third-order valence-electron chi connectivity index (χ3n) is 5.52.